The average Bonchev–Trinajstić information content (AvgIpc) is 2.20. The van der Waals surface area contributed by atoms with Gasteiger partial charge in [-0.05, 0) is 17.7 Å². The summed E-state index contributed by atoms with van der Waals surface area (Å²) < 4.78 is 16.7. The first-order valence-corrected chi connectivity index (χ1v) is 4.47. The highest BCUT2D eigenvalue weighted by molar-refractivity contribution is 5.81. The number of carbonyl (C=O) groups excluding carboxylic acids is 2. The molecule has 0 heterocycles. The first-order valence-electron chi connectivity index (χ1n) is 4.47. The van der Waals surface area contributed by atoms with E-state index in [9.17, 15) is 14.0 Å². The summed E-state index contributed by atoms with van der Waals surface area (Å²) in [7, 11) is 0. The fourth-order valence-electron chi connectivity index (χ4n) is 1.12. The molecule has 4 heteroatoms. The number of hydrogen-bond acceptors (Lipinski definition) is 3. The van der Waals surface area contributed by atoms with Crippen molar-refractivity contribution in [3.8, 4) is 5.75 Å². The number of ether oxygens (including phenoxy) is 1. The first kappa shape index (κ1) is 11.4. The lowest BCUT2D eigenvalue weighted by Crippen LogP contribution is -2.05. The van der Waals surface area contributed by atoms with Gasteiger partial charge in [0.1, 0.15) is 12.4 Å². The molecule has 0 spiro atoms. The molecule has 0 aliphatic rings. The second kappa shape index (κ2) is 5.24. The number of hydrogen-bond donors (Lipinski definition) is 0. The lowest BCUT2D eigenvalue weighted by atomic mass is 10.1. The topological polar surface area (TPSA) is 43.4 Å². The molecule has 0 saturated carbocycles. The second-order valence-corrected chi connectivity index (χ2v) is 3.09. The van der Waals surface area contributed by atoms with Crippen molar-refractivity contribution in [3.63, 3.8) is 0 Å². The third kappa shape index (κ3) is 3.89. The Morgan fingerprint density at radius 1 is 1.27 bits per heavy atom. The van der Waals surface area contributed by atoms with Crippen molar-refractivity contribution in [2.45, 2.75) is 13.3 Å². The monoisotopic (exact) mass is 210 g/mol. The summed E-state index contributed by atoms with van der Waals surface area (Å²) in [5.41, 5.74) is 0.702. The van der Waals surface area contributed by atoms with Gasteiger partial charge < -0.3 is 4.74 Å². The number of esters is 1. The van der Waals surface area contributed by atoms with Gasteiger partial charge in [0.05, 0.1) is 0 Å². The van der Waals surface area contributed by atoms with Crippen LogP contribution in [0.4, 0.5) is 4.39 Å². The summed E-state index contributed by atoms with van der Waals surface area (Å²) in [5.74, 6) is -0.447. The van der Waals surface area contributed by atoms with Gasteiger partial charge in [-0.15, -0.1) is 0 Å². The Morgan fingerprint density at radius 3 is 2.33 bits per heavy atom. The summed E-state index contributed by atoms with van der Waals surface area (Å²) in [6.07, 6.45) is 0.0663. The number of Topliss-reactive ketones (excluding diaryl/α,β-unsaturated/α-hetero) is 1. The maximum absolute atomic E-state index is 11.9. The zero-order chi connectivity index (χ0) is 11.3. The lowest BCUT2D eigenvalue weighted by Gasteiger charge is -2.02. The number of carbonyl (C=O) groups is 2. The van der Waals surface area contributed by atoms with Gasteiger partial charge >= 0.3 is 5.97 Å². The SMILES string of the molecule is CC(=O)Oc1ccc(CC(=O)CF)cc1. The van der Waals surface area contributed by atoms with Crippen molar-refractivity contribution in [2.75, 3.05) is 6.67 Å². The molecule has 0 atom stereocenters. The summed E-state index contributed by atoms with van der Waals surface area (Å²) in [6.45, 7) is 0.353. The number of halogens is 1. The maximum atomic E-state index is 11.9. The molecular formula is C11H11FO3. The van der Waals surface area contributed by atoms with E-state index in [4.69, 9.17) is 4.74 Å². The van der Waals surface area contributed by atoms with E-state index in [-0.39, 0.29) is 6.42 Å². The van der Waals surface area contributed by atoms with Crippen LogP contribution in [0, 0.1) is 0 Å². The van der Waals surface area contributed by atoms with Crippen molar-refractivity contribution in [1.29, 1.82) is 0 Å². The molecule has 3 nitrogen and oxygen atoms in total. The lowest BCUT2D eigenvalue weighted by molar-refractivity contribution is -0.131. The van der Waals surface area contributed by atoms with Crippen molar-refractivity contribution in [3.05, 3.63) is 29.8 Å². The van der Waals surface area contributed by atoms with Gasteiger partial charge in [0, 0.05) is 13.3 Å². The van der Waals surface area contributed by atoms with Gasteiger partial charge in [-0.25, -0.2) is 4.39 Å². The molecule has 0 aliphatic heterocycles. The smallest absolute Gasteiger partial charge is 0.308 e. The van der Waals surface area contributed by atoms with E-state index in [1.807, 2.05) is 0 Å². The Balaban J connectivity index is 2.64. The van der Waals surface area contributed by atoms with Gasteiger partial charge in [0.2, 0.25) is 0 Å². The number of rotatable bonds is 4. The van der Waals surface area contributed by atoms with Gasteiger partial charge in [-0.1, -0.05) is 12.1 Å². The minimum atomic E-state index is -0.953. The van der Waals surface area contributed by atoms with Gasteiger partial charge in [0.15, 0.2) is 5.78 Å². The predicted molar refractivity (Wildman–Crippen MR) is 52.4 cm³/mol. The molecule has 0 saturated heterocycles. The highest BCUT2D eigenvalue weighted by Crippen LogP contribution is 2.12. The first-order chi connectivity index (χ1) is 7.11. The minimum absolute atomic E-state index is 0.0663. The van der Waals surface area contributed by atoms with Crippen LogP contribution in [0.25, 0.3) is 0 Å². The Bertz CT molecular complexity index is 357. The van der Waals surface area contributed by atoms with Crippen LogP contribution < -0.4 is 4.74 Å². The fourth-order valence-corrected chi connectivity index (χ4v) is 1.12. The summed E-state index contributed by atoms with van der Waals surface area (Å²) in [6, 6.07) is 6.40. The van der Waals surface area contributed by atoms with Crippen LogP contribution in [0.1, 0.15) is 12.5 Å². The molecule has 0 fully saturated rings. The molecule has 0 N–H and O–H groups in total. The molecule has 0 amide bonds. The van der Waals surface area contributed by atoms with E-state index < -0.39 is 18.4 Å². The van der Waals surface area contributed by atoms with Crippen LogP contribution >= 0.6 is 0 Å². The summed E-state index contributed by atoms with van der Waals surface area (Å²) in [5, 5.41) is 0. The highest BCUT2D eigenvalue weighted by Gasteiger charge is 2.03. The normalized spacial score (nSPS) is 9.73. The third-order valence-corrected chi connectivity index (χ3v) is 1.74. The second-order valence-electron chi connectivity index (χ2n) is 3.09. The van der Waals surface area contributed by atoms with Crippen LogP contribution in [0.3, 0.4) is 0 Å². The van der Waals surface area contributed by atoms with Gasteiger partial charge in [0.25, 0.3) is 0 Å². The van der Waals surface area contributed by atoms with E-state index in [1.54, 1.807) is 24.3 Å². The Hall–Kier alpha value is -1.71. The van der Waals surface area contributed by atoms with E-state index in [0.717, 1.165) is 0 Å². The van der Waals surface area contributed by atoms with E-state index in [1.165, 1.54) is 6.92 Å². The molecule has 1 aromatic carbocycles. The molecule has 0 bridgehead atoms. The van der Waals surface area contributed by atoms with Crippen LogP contribution in [0.5, 0.6) is 5.75 Å². The predicted octanol–water partition coefficient (Wildman–Crippen LogP) is 1.69. The standard InChI is InChI=1S/C11H11FO3/c1-8(13)15-11-4-2-9(3-5-11)6-10(14)7-12/h2-5H,6-7H2,1H3. The van der Waals surface area contributed by atoms with Crippen LogP contribution in [0.15, 0.2) is 24.3 Å². The molecule has 0 radical (unpaired) electrons. The summed E-state index contributed by atoms with van der Waals surface area (Å²) in [4.78, 5) is 21.4. The van der Waals surface area contributed by atoms with E-state index in [2.05, 4.69) is 0 Å². The Morgan fingerprint density at radius 2 is 1.87 bits per heavy atom. The molecule has 15 heavy (non-hydrogen) atoms. The van der Waals surface area contributed by atoms with Crippen molar-refractivity contribution in [1.82, 2.24) is 0 Å². The largest absolute Gasteiger partial charge is 0.427 e. The Labute approximate surface area is 86.9 Å². The van der Waals surface area contributed by atoms with Crippen LogP contribution in [-0.2, 0) is 16.0 Å². The molecule has 0 aromatic heterocycles. The van der Waals surface area contributed by atoms with Crippen molar-refractivity contribution >= 4 is 11.8 Å². The van der Waals surface area contributed by atoms with E-state index >= 15 is 0 Å². The molecule has 1 aromatic rings. The third-order valence-electron chi connectivity index (χ3n) is 1.74. The molecule has 80 valence electrons. The van der Waals surface area contributed by atoms with Crippen LogP contribution in [-0.4, -0.2) is 18.4 Å². The Kier molecular flexibility index (Phi) is 3.97. The van der Waals surface area contributed by atoms with Gasteiger partial charge in [-0.3, -0.25) is 9.59 Å². The van der Waals surface area contributed by atoms with Crippen molar-refractivity contribution < 1.29 is 18.7 Å². The number of ketones is 1. The van der Waals surface area contributed by atoms with Gasteiger partial charge in [-0.2, -0.15) is 0 Å². The van der Waals surface area contributed by atoms with Crippen LogP contribution in [0.2, 0.25) is 0 Å². The quantitative estimate of drug-likeness (QED) is 0.561. The maximum Gasteiger partial charge on any atom is 0.308 e. The number of alkyl halides is 1. The van der Waals surface area contributed by atoms with Crippen molar-refractivity contribution in [2.24, 2.45) is 0 Å². The molecule has 0 aliphatic carbocycles. The fraction of sp³-hybridized carbons (Fsp3) is 0.273. The zero-order valence-corrected chi connectivity index (χ0v) is 8.33. The molecular weight excluding hydrogens is 199 g/mol. The highest BCUT2D eigenvalue weighted by atomic mass is 19.1. The zero-order valence-electron chi connectivity index (χ0n) is 8.33. The minimum Gasteiger partial charge on any atom is -0.427 e. The van der Waals surface area contributed by atoms with E-state index in [0.29, 0.717) is 11.3 Å². The number of benzene rings is 1. The average molecular weight is 210 g/mol. The summed E-state index contributed by atoms with van der Waals surface area (Å²) >= 11 is 0. The molecule has 1 rings (SSSR count). The molecule has 0 unspecified atom stereocenters.